The largest absolute Gasteiger partial charge is 0.444 e. The molecule has 4 N–H and O–H groups in total. The number of rotatable bonds is 12. The van der Waals surface area contributed by atoms with Gasteiger partial charge in [0, 0.05) is 25.2 Å². The lowest BCUT2D eigenvalue weighted by Gasteiger charge is -2.46. The van der Waals surface area contributed by atoms with Crippen LogP contribution in [0, 0.1) is 0 Å². The summed E-state index contributed by atoms with van der Waals surface area (Å²) in [5, 5.41) is 9.35. The number of ether oxygens (including phenoxy) is 1. The summed E-state index contributed by atoms with van der Waals surface area (Å²) in [7, 11) is 0. The number of thiazole rings is 1. The van der Waals surface area contributed by atoms with Crippen LogP contribution in [0.5, 0.6) is 0 Å². The van der Waals surface area contributed by atoms with Gasteiger partial charge >= 0.3 is 12.1 Å². The maximum absolute atomic E-state index is 14.4. The first-order valence-electron chi connectivity index (χ1n) is 17.5. The molecule has 7 rings (SSSR count). The molecule has 276 valence electrons. The summed E-state index contributed by atoms with van der Waals surface area (Å²) in [6, 6.07) is 30.6. The second-order valence-corrected chi connectivity index (χ2v) is 14.1. The number of benzene rings is 4. The molecule has 5 amide bonds. The molecule has 2 aliphatic heterocycles. The fourth-order valence-electron chi connectivity index (χ4n) is 6.86. The molecule has 5 aromatic rings. The molecule has 14 heteroatoms. The minimum Gasteiger partial charge on any atom is -0.444 e. The zero-order chi connectivity index (χ0) is 37.6. The number of piperazine rings is 1. The number of nitrogens with one attached hydrogen (secondary N) is 2. The van der Waals surface area contributed by atoms with Crippen molar-refractivity contribution >= 4 is 56.3 Å². The first-order chi connectivity index (χ1) is 26.3. The van der Waals surface area contributed by atoms with E-state index in [-0.39, 0.29) is 57.1 Å². The van der Waals surface area contributed by atoms with Crippen molar-refractivity contribution in [2.24, 2.45) is 0 Å². The van der Waals surface area contributed by atoms with Gasteiger partial charge in [0.15, 0.2) is 5.13 Å². The van der Waals surface area contributed by atoms with E-state index in [9.17, 15) is 19.2 Å². The highest BCUT2D eigenvalue weighted by atomic mass is 32.1. The lowest BCUT2D eigenvalue weighted by atomic mass is 9.99. The Morgan fingerprint density at radius 2 is 1.67 bits per heavy atom. The Morgan fingerprint density at radius 1 is 0.944 bits per heavy atom. The first kappa shape index (κ1) is 36.1. The summed E-state index contributed by atoms with van der Waals surface area (Å²) in [4.78, 5) is 62.4. The molecule has 2 atom stereocenters. The number of amides is 5. The summed E-state index contributed by atoms with van der Waals surface area (Å²) in [5.74, 6) is -0.492. The topological polar surface area (TPSA) is 153 Å². The fraction of sp³-hybridized carbons (Fsp3) is 0.225. The maximum Gasteiger partial charge on any atom is 0.411 e. The number of aromatic nitrogens is 1. The normalized spacial score (nSPS) is 17.0. The van der Waals surface area contributed by atoms with Crippen molar-refractivity contribution in [3.63, 3.8) is 0 Å². The number of hydrogen-bond acceptors (Lipinski definition) is 9. The standard InChI is InChI=1S/C40H40N8O5S/c1-2-20-46(39(51)42-22-28-10-5-3-6-11-28)47-25-35(49)48-32(21-27-16-18-31(19-17-27)43-40(52)53-26-29-12-7-4-8-13-29)37(50)45(24-34(47)48)23-30-14-9-15-33-36(30)44-38(41)54-33/h2-19,32,34H,1,20-26H2,(H2,41,44)(H,42,51)(H,43,52)/t32-,34+/m0/s1. The third kappa shape index (κ3) is 8.04. The Balaban J connectivity index is 1.12. The molecule has 0 aliphatic carbocycles. The van der Waals surface area contributed by atoms with Crippen molar-refractivity contribution < 1.29 is 23.9 Å². The molecular formula is C40H40N8O5S. The average Bonchev–Trinajstić information content (AvgIpc) is 3.73. The van der Waals surface area contributed by atoms with E-state index >= 15 is 0 Å². The number of carbonyl (C=O) groups excluding carboxylic acids is 4. The maximum atomic E-state index is 14.4. The molecule has 2 aliphatic rings. The lowest BCUT2D eigenvalue weighted by molar-refractivity contribution is -0.157. The summed E-state index contributed by atoms with van der Waals surface area (Å²) < 4.78 is 6.26. The zero-order valence-corrected chi connectivity index (χ0v) is 30.3. The second kappa shape index (κ2) is 16.2. The number of hydrazine groups is 1. The Kier molecular flexibility index (Phi) is 10.8. The molecule has 0 radical (unpaired) electrons. The molecule has 54 heavy (non-hydrogen) atoms. The van der Waals surface area contributed by atoms with Crippen LogP contribution in [0.25, 0.3) is 10.2 Å². The fourth-order valence-corrected chi connectivity index (χ4v) is 7.64. The van der Waals surface area contributed by atoms with Gasteiger partial charge in [-0.2, -0.15) is 5.01 Å². The van der Waals surface area contributed by atoms with Crippen molar-refractivity contribution in [2.75, 3.05) is 30.7 Å². The van der Waals surface area contributed by atoms with Crippen molar-refractivity contribution in [2.45, 2.75) is 38.3 Å². The number of hydrogen-bond donors (Lipinski definition) is 3. The van der Waals surface area contributed by atoms with Gasteiger partial charge in [-0.3, -0.25) is 19.9 Å². The number of nitrogens with two attached hydrogens (primary N) is 1. The van der Waals surface area contributed by atoms with E-state index in [4.69, 9.17) is 10.5 Å². The van der Waals surface area contributed by atoms with Gasteiger partial charge in [0.2, 0.25) is 11.8 Å². The zero-order valence-electron chi connectivity index (χ0n) is 29.5. The van der Waals surface area contributed by atoms with Crippen LogP contribution in [0.1, 0.15) is 22.3 Å². The monoisotopic (exact) mass is 744 g/mol. The second-order valence-electron chi connectivity index (χ2n) is 13.0. The Hall–Kier alpha value is -6.25. The molecule has 0 saturated carbocycles. The van der Waals surface area contributed by atoms with Crippen LogP contribution in [-0.4, -0.2) is 80.6 Å². The molecule has 13 nitrogen and oxygen atoms in total. The molecular weight excluding hydrogens is 705 g/mol. The van der Waals surface area contributed by atoms with E-state index < -0.39 is 18.3 Å². The van der Waals surface area contributed by atoms with Crippen LogP contribution in [0.2, 0.25) is 0 Å². The van der Waals surface area contributed by atoms with Crippen LogP contribution in [0.4, 0.5) is 20.4 Å². The minimum atomic E-state index is -0.867. The van der Waals surface area contributed by atoms with Crippen LogP contribution < -0.4 is 16.4 Å². The van der Waals surface area contributed by atoms with E-state index in [1.54, 1.807) is 33.0 Å². The van der Waals surface area contributed by atoms with Gasteiger partial charge in [0.25, 0.3) is 0 Å². The molecule has 2 fully saturated rings. The Morgan fingerprint density at radius 3 is 2.39 bits per heavy atom. The number of fused-ring (bicyclic) bond motifs is 2. The van der Waals surface area contributed by atoms with Crippen LogP contribution in [0.3, 0.4) is 0 Å². The molecule has 4 aromatic carbocycles. The van der Waals surface area contributed by atoms with E-state index in [2.05, 4.69) is 22.2 Å². The Labute approximate surface area is 316 Å². The van der Waals surface area contributed by atoms with Gasteiger partial charge in [0.05, 0.1) is 29.9 Å². The number of carbonyl (C=O) groups is 4. The summed E-state index contributed by atoms with van der Waals surface area (Å²) in [6.07, 6.45) is 0.588. The Bertz CT molecular complexity index is 2150. The highest BCUT2D eigenvalue weighted by Gasteiger charge is 2.52. The van der Waals surface area contributed by atoms with Gasteiger partial charge in [-0.25, -0.2) is 14.6 Å². The summed E-state index contributed by atoms with van der Waals surface area (Å²) >= 11 is 1.38. The molecule has 0 bridgehead atoms. The van der Waals surface area contributed by atoms with Crippen molar-refractivity contribution in [1.82, 2.24) is 30.1 Å². The van der Waals surface area contributed by atoms with Crippen molar-refractivity contribution in [3.8, 4) is 0 Å². The quantitative estimate of drug-likeness (QED) is 0.144. The predicted octanol–water partition coefficient (Wildman–Crippen LogP) is 5.36. The minimum absolute atomic E-state index is 0.0962. The predicted molar refractivity (Wildman–Crippen MR) is 207 cm³/mol. The molecule has 0 spiro atoms. The van der Waals surface area contributed by atoms with Crippen molar-refractivity contribution in [1.29, 1.82) is 0 Å². The van der Waals surface area contributed by atoms with E-state index in [0.717, 1.165) is 32.5 Å². The van der Waals surface area contributed by atoms with Crippen LogP contribution in [-0.2, 0) is 40.4 Å². The SMILES string of the molecule is C=CCN(C(=O)NCc1ccccc1)N1CC(=O)N2[C@@H](Cc3ccc(NC(=O)OCc4ccccc4)cc3)C(=O)N(Cc3cccc4sc(N)nc34)C[C@@H]21. The number of nitrogens with zero attached hydrogens (tertiary/aromatic N) is 5. The first-order valence-corrected chi connectivity index (χ1v) is 18.4. The van der Waals surface area contributed by atoms with Gasteiger partial charge < -0.3 is 25.6 Å². The number of para-hydroxylation sites is 1. The number of nitrogen functional groups attached to an aromatic ring is 1. The van der Waals surface area contributed by atoms with Gasteiger partial charge in [-0.05, 0) is 40.5 Å². The van der Waals surface area contributed by atoms with Crippen molar-refractivity contribution in [3.05, 3.63) is 138 Å². The summed E-state index contributed by atoms with van der Waals surface area (Å²) in [5.41, 5.74) is 10.7. The van der Waals surface area contributed by atoms with E-state index in [1.165, 1.54) is 16.3 Å². The van der Waals surface area contributed by atoms with Gasteiger partial charge in [0.1, 0.15) is 18.8 Å². The smallest absolute Gasteiger partial charge is 0.411 e. The molecule has 3 heterocycles. The average molecular weight is 745 g/mol. The summed E-state index contributed by atoms with van der Waals surface area (Å²) in [6.45, 7) is 4.75. The lowest BCUT2D eigenvalue weighted by Crippen LogP contribution is -2.66. The number of anilines is 2. The van der Waals surface area contributed by atoms with E-state index in [1.807, 2.05) is 91.0 Å². The third-order valence-corrected chi connectivity index (χ3v) is 10.3. The van der Waals surface area contributed by atoms with Gasteiger partial charge in [-0.15, -0.1) is 6.58 Å². The van der Waals surface area contributed by atoms with Gasteiger partial charge in [-0.1, -0.05) is 102 Å². The van der Waals surface area contributed by atoms with Crippen LogP contribution >= 0.6 is 11.3 Å². The van der Waals surface area contributed by atoms with Crippen LogP contribution in [0.15, 0.2) is 116 Å². The highest BCUT2D eigenvalue weighted by molar-refractivity contribution is 7.22. The van der Waals surface area contributed by atoms with E-state index in [0.29, 0.717) is 17.4 Å². The molecule has 1 aromatic heterocycles. The highest BCUT2D eigenvalue weighted by Crippen LogP contribution is 2.32. The molecule has 2 saturated heterocycles. The third-order valence-electron chi connectivity index (χ3n) is 9.42. The number of urea groups is 1. The molecule has 0 unspecified atom stereocenters.